The standard InChI is InChI=1S/C15H18O3/c1-13(2)9-5-3-6-10(9)14-7-4-8-15(13,14)12(17)18-11(14)16/h5,10H,3-4,6-8H2,1-2H3/t10-,14-,15-/m1/s1. The normalized spacial score (nSPS) is 47.7. The van der Waals surface area contributed by atoms with Gasteiger partial charge in [0.2, 0.25) is 0 Å². The van der Waals surface area contributed by atoms with E-state index in [-0.39, 0.29) is 23.3 Å². The maximum atomic E-state index is 12.4. The van der Waals surface area contributed by atoms with E-state index < -0.39 is 10.8 Å². The van der Waals surface area contributed by atoms with Gasteiger partial charge in [-0.2, -0.15) is 0 Å². The molecule has 0 aromatic rings. The van der Waals surface area contributed by atoms with Crippen LogP contribution in [-0.4, -0.2) is 11.9 Å². The largest absolute Gasteiger partial charge is 0.392 e. The highest BCUT2D eigenvalue weighted by atomic mass is 16.6. The smallest absolute Gasteiger partial charge is 0.321 e. The van der Waals surface area contributed by atoms with Crippen LogP contribution in [0.1, 0.15) is 46.0 Å². The number of allylic oxidation sites excluding steroid dienone is 2. The average molecular weight is 246 g/mol. The second kappa shape index (κ2) is 2.73. The Bertz CT molecular complexity index is 516. The maximum Gasteiger partial charge on any atom is 0.321 e. The SMILES string of the molecule is CC1(C)C2=CCC[C@H]2[C@@]23CCC[C@@]12C(=O)OC3=O. The van der Waals surface area contributed by atoms with Gasteiger partial charge in [-0.3, -0.25) is 9.59 Å². The van der Waals surface area contributed by atoms with E-state index >= 15 is 0 Å². The number of fused-ring (bicyclic) bond motifs is 1. The second-order valence-corrected chi connectivity index (χ2v) is 6.82. The lowest BCUT2D eigenvalue weighted by Crippen LogP contribution is -2.45. The number of cyclic esters (lactones) is 2. The summed E-state index contributed by atoms with van der Waals surface area (Å²) in [6, 6.07) is 0. The van der Waals surface area contributed by atoms with Gasteiger partial charge in [0.25, 0.3) is 0 Å². The zero-order chi connectivity index (χ0) is 12.8. The quantitative estimate of drug-likeness (QED) is 0.375. The van der Waals surface area contributed by atoms with Crippen molar-refractivity contribution in [3.63, 3.8) is 0 Å². The first-order chi connectivity index (χ1) is 8.48. The molecule has 3 aliphatic carbocycles. The Morgan fingerprint density at radius 2 is 2.00 bits per heavy atom. The number of hydrogen-bond acceptors (Lipinski definition) is 3. The van der Waals surface area contributed by atoms with E-state index in [0.29, 0.717) is 0 Å². The van der Waals surface area contributed by atoms with Crippen LogP contribution in [0.15, 0.2) is 11.6 Å². The summed E-state index contributed by atoms with van der Waals surface area (Å²) >= 11 is 0. The maximum absolute atomic E-state index is 12.4. The minimum atomic E-state index is -0.562. The van der Waals surface area contributed by atoms with Crippen LogP contribution in [0.5, 0.6) is 0 Å². The van der Waals surface area contributed by atoms with E-state index in [9.17, 15) is 9.59 Å². The average Bonchev–Trinajstić information content (AvgIpc) is 2.97. The summed E-state index contributed by atoms with van der Waals surface area (Å²) in [6.45, 7) is 4.29. The fourth-order valence-corrected chi connectivity index (χ4v) is 5.78. The third-order valence-electron chi connectivity index (χ3n) is 6.36. The van der Waals surface area contributed by atoms with Crippen molar-refractivity contribution in [2.24, 2.45) is 22.2 Å². The lowest BCUT2D eigenvalue weighted by molar-refractivity contribution is -0.158. The van der Waals surface area contributed by atoms with Gasteiger partial charge < -0.3 is 4.74 Å². The molecule has 3 fully saturated rings. The van der Waals surface area contributed by atoms with Crippen LogP contribution in [0, 0.1) is 22.2 Å². The molecule has 18 heavy (non-hydrogen) atoms. The van der Waals surface area contributed by atoms with Crippen LogP contribution >= 0.6 is 0 Å². The van der Waals surface area contributed by atoms with Gasteiger partial charge >= 0.3 is 11.9 Å². The van der Waals surface area contributed by atoms with Crippen molar-refractivity contribution < 1.29 is 14.3 Å². The summed E-state index contributed by atoms with van der Waals surface area (Å²) in [4.78, 5) is 24.9. The Labute approximate surface area is 107 Å². The van der Waals surface area contributed by atoms with Gasteiger partial charge in [-0.15, -0.1) is 0 Å². The Balaban J connectivity index is 2.07. The van der Waals surface area contributed by atoms with Gasteiger partial charge in [0, 0.05) is 5.41 Å². The molecule has 0 radical (unpaired) electrons. The third-order valence-corrected chi connectivity index (χ3v) is 6.36. The Morgan fingerprint density at radius 3 is 2.78 bits per heavy atom. The summed E-state index contributed by atoms with van der Waals surface area (Å²) in [6.07, 6.45) is 6.97. The lowest BCUT2D eigenvalue weighted by atomic mass is 9.58. The van der Waals surface area contributed by atoms with Gasteiger partial charge in [-0.1, -0.05) is 31.9 Å². The summed E-state index contributed by atoms with van der Waals surface area (Å²) < 4.78 is 5.12. The van der Waals surface area contributed by atoms with E-state index in [1.165, 1.54) is 5.57 Å². The van der Waals surface area contributed by atoms with Gasteiger partial charge in [0.15, 0.2) is 0 Å². The molecule has 0 N–H and O–H groups in total. The molecule has 3 heteroatoms. The zero-order valence-electron chi connectivity index (χ0n) is 10.9. The van der Waals surface area contributed by atoms with Crippen LogP contribution in [-0.2, 0) is 14.3 Å². The Morgan fingerprint density at radius 1 is 1.22 bits per heavy atom. The highest BCUT2D eigenvalue weighted by Gasteiger charge is 2.83. The molecule has 3 atom stereocenters. The number of esters is 2. The molecule has 4 aliphatic rings. The first kappa shape index (κ1) is 10.8. The van der Waals surface area contributed by atoms with E-state index in [4.69, 9.17) is 4.74 Å². The van der Waals surface area contributed by atoms with E-state index in [1.807, 2.05) is 0 Å². The molecule has 2 saturated carbocycles. The number of hydrogen-bond donors (Lipinski definition) is 0. The minimum Gasteiger partial charge on any atom is -0.392 e. The molecule has 0 amide bonds. The molecule has 96 valence electrons. The molecule has 0 aromatic carbocycles. The first-order valence-corrected chi connectivity index (χ1v) is 6.96. The first-order valence-electron chi connectivity index (χ1n) is 6.96. The molecule has 4 rings (SSSR count). The van der Waals surface area contributed by atoms with Crippen LogP contribution < -0.4 is 0 Å². The van der Waals surface area contributed by atoms with Crippen LogP contribution in [0.2, 0.25) is 0 Å². The third kappa shape index (κ3) is 0.725. The van der Waals surface area contributed by atoms with E-state index in [1.54, 1.807) is 0 Å². The number of carbonyl (C=O) groups is 2. The van der Waals surface area contributed by atoms with Crippen molar-refractivity contribution in [1.82, 2.24) is 0 Å². The van der Waals surface area contributed by atoms with Gasteiger partial charge in [-0.05, 0) is 31.6 Å². The Hall–Kier alpha value is -1.12. The molecule has 0 spiro atoms. The van der Waals surface area contributed by atoms with Crippen molar-refractivity contribution >= 4 is 11.9 Å². The molecule has 0 unspecified atom stereocenters. The molecule has 3 nitrogen and oxygen atoms in total. The highest BCUT2D eigenvalue weighted by molar-refractivity contribution is 6.05. The summed E-state index contributed by atoms with van der Waals surface area (Å²) in [5.41, 5.74) is 0.0601. The van der Waals surface area contributed by atoms with Gasteiger partial charge in [-0.25, -0.2) is 0 Å². The highest BCUT2D eigenvalue weighted by Crippen LogP contribution is 2.79. The van der Waals surface area contributed by atoms with Gasteiger partial charge in [0.1, 0.15) is 0 Å². The molecule has 1 aliphatic heterocycles. The van der Waals surface area contributed by atoms with Crippen molar-refractivity contribution in [3.8, 4) is 0 Å². The molecule has 0 bridgehead atoms. The molecular weight excluding hydrogens is 228 g/mol. The van der Waals surface area contributed by atoms with Crippen molar-refractivity contribution in [2.75, 3.05) is 0 Å². The van der Waals surface area contributed by atoms with Crippen molar-refractivity contribution in [3.05, 3.63) is 11.6 Å². The van der Waals surface area contributed by atoms with Crippen LogP contribution in [0.25, 0.3) is 0 Å². The fourth-order valence-electron chi connectivity index (χ4n) is 5.78. The summed E-state index contributed by atoms with van der Waals surface area (Å²) in [7, 11) is 0. The molecular formula is C15H18O3. The zero-order valence-corrected chi connectivity index (χ0v) is 10.9. The number of carbonyl (C=O) groups excluding carboxylic acids is 2. The van der Waals surface area contributed by atoms with Crippen LogP contribution in [0.3, 0.4) is 0 Å². The van der Waals surface area contributed by atoms with E-state index in [2.05, 4.69) is 19.9 Å². The van der Waals surface area contributed by atoms with E-state index in [0.717, 1.165) is 32.1 Å². The molecule has 1 heterocycles. The monoisotopic (exact) mass is 246 g/mol. The fraction of sp³-hybridized carbons (Fsp3) is 0.733. The number of ether oxygens (including phenoxy) is 1. The topological polar surface area (TPSA) is 43.4 Å². The minimum absolute atomic E-state index is 0.214. The molecule has 0 aromatic heterocycles. The van der Waals surface area contributed by atoms with Crippen molar-refractivity contribution in [2.45, 2.75) is 46.0 Å². The molecule has 1 saturated heterocycles. The Kier molecular flexibility index (Phi) is 1.63. The van der Waals surface area contributed by atoms with Crippen molar-refractivity contribution in [1.29, 1.82) is 0 Å². The summed E-state index contributed by atoms with van der Waals surface area (Å²) in [5.74, 6) is -0.215. The number of rotatable bonds is 0. The predicted octanol–water partition coefficient (Wildman–Crippen LogP) is 2.60. The lowest BCUT2D eigenvalue weighted by Gasteiger charge is -2.38. The summed E-state index contributed by atoms with van der Waals surface area (Å²) in [5, 5.41) is 0. The van der Waals surface area contributed by atoms with Crippen LogP contribution in [0.4, 0.5) is 0 Å². The van der Waals surface area contributed by atoms with Gasteiger partial charge in [0.05, 0.1) is 10.8 Å². The predicted molar refractivity (Wildman–Crippen MR) is 64.4 cm³/mol. The second-order valence-electron chi connectivity index (χ2n) is 6.82.